The molecule has 1 heterocycles. The number of ether oxygens (including phenoxy) is 1. The molecule has 0 saturated carbocycles. The number of aliphatic hydroxyl groups is 1. The van der Waals surface area contributed by atoms with Gasteiger partial charge in [0.2, 0.25) is 10.0 Å². The standard InChI is InChI=1S/C14H21NO4S/c16-8-1-2-12-3-5-14(6-4-12)20(17,18)15-10-13-7-9-19-11-13/h3-6,13,15-16H,1-2,7-11H2. The summed E-state index contributed by atoms with van der Waals surface area (Å²) >= 11 is 0. The molecular formula is C14H21NO4S. The van der Waals surface area contributed by atoms with Gasteiger partial charge in [-0.2, -0.15) is 0 Å². The molecule has 20 heavy (non-hydrogen) atoms. The monoisotopic (exact) mass is 299 g/mol. The molecule has 1 atom stereocenters. The van der Waals surface area contributed by atoms with Gasteiger partial charge in [-0.25, -0.2) is 13.1 Å². The molecule has 1 unspecified atom stereocenters. The largest absolute Gasteiger partial charge is 0.396 e. The normalized spacial score (nSPS) is 19.4. The van der Waals surface area contributed by atoms with Gasteiger partial charge >= 0.3 is 0 Å². The number of hydrogen-bond donors (Lipinski definition) is 2. The molecule has 0 bridgehead atoms. The van der Waals surface area contributed by atoms with Crippen molar-refractivity contribution in [3.8, 4) is 0 Å². The van der Waals surface area contributed by atoms with Crippen LogP contribution in [0.1, 0.15) is 18.4 Å². The Balaban J connectivity index is 1.94. The van der Waals surface area contributed by atoms with E-state index in [0.29, 0.717) is 26.2 Å². The fraction of sp³-hybridized carbons (Fsp3) is 0.571. The summed E-state index contributed by atoms with van der Waals surface area (Å²) < 4.78 is 32.1. The molecule has 0 radical (unpaired) electrons. The van der Waals surface area contributed by atoms with Gasteiger partial charge in [-0.15, -0.1) is 0 Å². The van der Waals surface area contributed by atoms with E-state index in [1.165, 1.54) is 0 Å². The molecule has 1 aliphatic rings. The molecule has 0 aromatic heterocycles. The van der Waals surface area contributed by atoms with E-state index in [0.717, 1.165) is 18.4 Å². The molecule has 1 aromatic rings. The van der Waals surface area contributed by atoms with Gasteiger partial charge in [-0.3, -0.25) is 0 Å². The van der Waals surface area contributed by atoms with Gasteiger partial charge in [0.05, 0.1) is 11.5 Å². The van der Waals surface area contributed by atoms with Crippen LogP contribution in [0.15, 0.2) is 29.2 Å². The third-order valence-corrected chi connectivity index (χ3v) is 4.88. The van der Waals surface area contributed by atoms with Crippen LogP contribution in [0.5, 0.6) is 0 Å². The number of nitrogens with one attached hydrogen (secondary N) is 1. The fourth-order valence-corrected chi connectivity index (χ4v) is 3.29. The first-order valence-corrected chi connectivity index (χ1v) is 8.37. The fourth-order valence-electron chi connectivity index (χ4n) is 2.17. The first kappa shape index (κ1) is 15.4. The minimum absolute atomic E-state index is 0.144. The highest BCUT2D eigenvalue weighted by Crippen LogP contribution is 2.14. The summed E-state index contributed by atoms with van der Waals surface area (Å²) in [4.78, 5) is 0.282. The van der Waals surface area contributed by atoms with Crippen LogP contribution in [0.4, 0.5) is 0 Å². The SMILES string of the molecule is O=S(=O)(NCC1CCOC1)c1ccc(CCCO)cc1. The molecule has 112 valence electrons. The van der Waals surface area contributed by atoms with Gasteiger partial charge in [-0.05, 0) is 42.9 Å². The topological polar surface area (TPSA) is 75.6 Å². The zero-order valence-corrected chi connectivity index (χ0v) is 12.2. The number of hydrogen-bond acceptors (Lipinski definition) is 4. The number of aryl methyl sites for hydroxylation is 1. The molecule has 0 aliphatic carbocycles. The van der Waals surface area contributed by atoms with Crippen molar-refractivity contribution in [2.75, 3.05) is 26.4 Å². The molecule has 2 N–H and O–H groups in total. The van der Waals surface area contributed by atoms with E-state index in [2.05, 4.69) is 4.72 Å². The lowest BCUT2D eigenvalue weighted by Crippen LogP contribution is -2.29. The maximum atomic E-state index is 12.1. The molecule has 2 rings (SSSR count). The average molecular weight is 299 g/mol. The Morgan fingerprint density at radius 1 is 1.30 bits per heavy atom. The van der Waals surface area contributed by atoms with Crippen LogP contribution in [-0.4, -0.2) is 39.9 Å². The highest BCUT2D eigenvalue weighted by atomic mass is 32.2. The Morgan fingerprint density at radius 2 is 2.05 bits per heavy atom. The zero-order valence-electron chi connectivity index (χ0n) is 11.4. The van der Waals surface area contributed by atoms with Crippen molar-refractivity contribution in [1.29, 1.82) is 0 Å². The first-order valence-electron chi connectivity index (χ1n) is 6.89. The van der Waals surface area contributed by atoms with E-state index < -0.39 is 10.0 Å². The van der Waals surface area contributed by atoms with Gasteiger partial charge in [0.25, 0.3) is 0 Å². The highest BCUT2D eigenvalue weighted by Gasteiger charge is 2.20. The van der Waals surface area contributed by atoms with Crippen molar-refractivity contribution in [1.82, 2.24) is 4.72 Å². The van der Waals surface area contributed by atoms with Crippen molar-refractivity contribution < 1.29 is 18.3 Å². The molecule has 0 amide bonds. The Kier molecular flexibility index (Phi) is 5.54. The van der Waals surface area contributed by atoms with Crippen LogP contribution in [0.25, 0.3) is 0 Å². The number of sulfonamides is 1. The number of benzene rings is 1. The summed E-state index contributed by atoms with van der Waals surface area (Å²) in [6.07, 6.45) is 2.35. The first-order chi connectivity index (χ1) is 9.62. The van der Waals surface area contributed by atoms with Gasteiger partial charge in [0, 0.05) is 19.8 Å². The van der Waals surface area contributed by atoms with E-state index in [4.69, 9.17) is 9.84 Å². The Hall–Kier alpha value is -0.950. The minimum atomic E-state index is -3.44. The second-order valence-electron chi connectivity index (χ2n) is 5.05. The van der Waals surface area contributed by atoms with E-state index in [-0.39, 0.29) is 17.4 Å². The Bertz CT molecular complexity index is 506. The summed E-state index contributed by atoms with van der Waals surface area (Å²) in [5.74, 6) is 0.272. The molecule has 1 aliphatic heterocycles. The maximum Gasteiger partial charge on any atom is 0.240 e. The van der Waals surface area contributed by atoms with Crippen LogP contribution in [0, 0.1) is 5.92 Å². The summed E-state index contributed by atoms with van der Waals surface area (Å²) in [6, 6.07) is 6.81. The molecule has 6 heteroatoms. The van der Waals surface area contributed by atoms with Gasteiger partial charge in [0.1, 0.15) is 0 Å². The summed E-state index contributed by atoms with van der Waals surface area (Å²) in [5, 5.41) is 8.77. The third kappa shape index (κ3) is 4.28. The van der Waals surface area contributed by atoms with Gasteiger partial charge in [0.15, 0.2) is 0 Å². The molecule has 0 spiro atoms. The van der Waals surface area contributed by atoms with Gasteiger partial charge in [-0.1, -0.05) is 12.1 Å². The molecule has 1 fully saturated rings. The van der Waals surface area contributed by atoms with Crippen LogP contribution in [-0.2, 0) is 21.2 Å². The second-order valence-corrected chi connectivity index (χ2v) is 6.82. The molecule has 1 aromatic carbocycles. The predicted molar refractivity (Wildman–Crippen MR) is 76.0 cm³/mol. The average Bonchev–Trinajstić information content (AvgIpc) is 2.97. The van der Waals surface area contributed by atoms with E-state index in [1.807, 2.05) is 0 Å². The van der Waals surface area contributed by atoms with Gasteiger partial charge < -0.3 is 9.84 Å². The van der Waals surface area contributed by atoms with E-state index in [1.54, 1.807) is 24.3 Å². The quantitative estimate of drug-likeness (QED) is 0.785. The lowest BCUT2D eigenvalue weighted by atomic mass is 10.1. The van der Waals surface area contributed by atoms with E-state index in [9.17, 15) is 8.42 Å². The van der Waals surface area contributed by atoms with Crippen LogP contribution >= 0.6 is 0 Å². The summed E-state index contributed by atoms with van der Waals surface area (Å²) in [5.41, 5.74) is 1.03. The highest BCUT2D eigenvalue weighted by molar-refractivity contribution is 7.89. The molecular weight excluding hydrogens is 278 g/mol. The lowest BCUT2D eigenvalue weighted by Gasteiger charge is -2.10. The minimum Gasteiger partial charge on any atom is -0.396 e. The second kappa shape index (κ2) is 7.17. The summed E-state index contributed by atoms with van der Waals surface area (Å²) in [6.45, 7) is 1.91. The Morgan fingerprint density at radius 3 is 2.65 bits per heavy atom. The van der Waals surface area contributed by atoms with Crippen LogP contribution < -0.4 is 4.72 Å². The third-order valence-electron chi connectivity index (χ3n) is 3.44. The number of aliphatic hydroxyl groups excluding tert-OH is 1. The van der Waals surface area contributed by atoms with Crippen molar-refractivity contribution in [3.63, 3.8) is 0 Å². The predicted octanol–water partition coefficient (Wildman–Crippen LogP) is 0.926. The van der Waals surface area contributed by atoms with Crippen LogP contribution in [0.3, 0.4) is 0 Å². The van der Waals surface area contributed by atoms with Crippen molar-refractivity contribution in [3.05, 3.63) is 29.8 Å². The zero-order chi connectivity index (χ0) is 14.4. The molecule has 1 saturated heterocycles. The van der Waals surface area contributed by atoms with Crippen molar-refractivity contribution in [2.45, 2.75) is 24.2 Å². The van der Waals surface area contributed by atoms with Crippen molar-refractivity contribution in [2.24, 2.45) is 5.92 Å². The number of rotatable bonds is 7. The summed E-state index contributed by atoms with van der Waals surface area (Å²) in [7, 11) is -3.44. The Labute approximate surface area is 120 Å². The molecule has 5 nitrogen and oxygen atoms in total. The van der Waals surface area contributed by atoms with Crippen LogP contribution in [0.2, 0.25) is 0 Å². The smallest absolute Gasteiger partial charge is 0.240 e. The van der Waals surface area contributed by atoms with E-state index >= 15 is 0 Å². The maximum absolute atomic E-state index is 12.1. The van der Waals surface area contributed by atoms with Crippen molar-refractivity contribution >= 4 is 10.0 Å². The lowest BCUT2D eigenvalue weighted by molar-refractivity contribution is 0.186.